The van der Waals surface area contributed by atoms with E-state index in [1.54, 1.807) is 6.20 Å². The van der Waals surface area contributed by atoms with Crippen LogP contribution in [0.5, 0.6) is 0 Å². The molecule has 3 rings (SSSR count). The van der Waals surface area contributed by atoms with Crippen molar-refractivity contribution in [3.8, 4) is 11.5 Å². The van der Waals surface area contributed by atoms with Crippen LogP contribution in [0.4, 0.5) is 0 Å². The van der Waals surface area contributed by atoms with Gasteiger partial charge in [0.25, 0.3) is 0 Å². The van der Waals surface area contributed by atoms with Gasteiger partial charge in [0.05, 0.1) is 12.7 Å². The summed E-state index contributed by atoms with van der Waals surface area (Å²) in [7, 11) is 0. The van der Waals surface area contributed by atoms with Gasteiger partial charge in [-0.05, 0) is 19.1 Å². The number of guanidine groups is 1. The Bertz CT molecular complexity index is 640. The second kappa shape index (κ2) is 6.52. The van der Waals surface area contributed by atoms with E-state index in [9.17, 15) is 0 Å². The summed E-state index contributed by atoms with van der Waals surface area (Å²) in [5, 5.41) is 7.01. The van der Waals surface area contributed by atoms with Crippen molar-refractivity contribution in [1.82, 2.24) is 25.1 Å². The minimum absolute atomic E-state index is 0.170. The van der Waals surface area contributed by atoms with E-state index in [-0.39, 0.29) is 6.10 Å². The molecule has 1 saturated heterocycles. The van der Waals surface area contributed by atoms with Gasteiger partial charge in [-0.1, -0.05) is 6.07 Å². The van der Waals surface area contributed by atoms with E-state index in [4.69, 9.17) is 10.5 Å². The number of aromatic nitrogens is 4. The largest absolute Gasteiger partial charge is 0.375 e. The van der Waals surface area contributed by atoms with E-state index in [2.05, 4.69) is 25.2 Å². The summed E-state index contributed by atoms with van der Waals surface area (Å²) in [6.07, 6.45) is 1.88. The zero-order chi connectivity index (χ0) is 15.4. The first-order chi connectivity index (χ1) is 10.7. The molecule has 1 atom stereocenters. The van der Waals surface area contributed by atoms with Gasteiger partial charge in [-0.3, -0.25) is 10.1 Å². The van der Waals surface area contributed by atoms with Crippen LogP contribution in [-0.4, -0.2) is 56.8 Å². The quantitative estimate of drug-likeness (QED) is 0.628. The van der Waals surface area contributed by atoms with Gasteiger partial charge in [0.2, 0.25) is 0 Å². The Balaban J connectivity index is 1.64. The number of nitrogens with one attached hydrogen (secondary N) is 1. The Hall–Kier alpha value is -2.48. The minimum atomic E-state index is 0.170. The Morgan fingerprint density at radius 1 is 1.55 bits per heavy atom. The molecule has 2 aromatic heterocycles. The molecule has 0 bridgehead atoms. The Morgan fingerprint density at radius 3 is 3.23 bits per heavy atom. The number of nitrogens with two attached hydrogens (primary N) is 1. The van der Waals surface area contributed by atoms with Gasteiger partial charge in [-0.15, -0.1) is 0 Å². The third-order valence-electron chi connectivity index (χ3n) is 3.38. The molecule has 8 nitrogen and oxygen atoms in total. The Morgan fingerprint density at radius 2 is 2.45 bits per heavy atom. The average Bonchev–Trinajstić information content (AvgIpc) is 3.02. The maximum Gasteiger partial charge on any atom is 0.199 e. The molecule has 1 aliphatic rings. The van der Waals surface area contributed by atoms with Gasteiger partial charge >= 0.3 is 0 Å². The van der Waals surface area contributed by atoms with Gasteiger partial charge in [0, 0.05) is 19.3 Å². The normalized spacial score (nSPS) is 19.4. The molecule has 0 aromatic carbocycles. The number of hydrogen-bond acceptors (Lipinski definition) is 5. The molecule has 0 aliphatic carbocycles. The summed E-state index contributed by atoms with van der Waals surface area (Å²) in [6, 6.07) is 5.61. The molecular weight excluding hydrogens is 282 g/mol. The minimum Gasteiger partial charge on any atom is -0.375 e. The van der Waals surface area contributed by atoms with Crippen LogP contribution >= 0.6 is 0 Å². The van der Waals surface area contributed by atoms with Crippen molar-refractivity contribution in [3.05, 3.63) is 30.2 Å². The maximum absolute atomic E-state index is 6.02. The monoisotopic (exact) mass is 301 g/mol. The number of rotatable bonds is 3. The molecule has 0 spiro atoms. The number of pyridine rings is 1. The molecule has 8 heteroatoms. The topological polar surface area (TPSA) is 105 Å². The van der Waals surface area contributed by atoms with E-state index in [1.165, 1.54) is 0 Å². The van der Waals surface area contributed by atoms with Crippen LogP contribution in [0.25, 0.3) is 11.5 Å². The highest BCUT2D eigenvalue weighted by Crippen LogP contribution is 2.10. The van der Waals surface area contributed by atoms with Crippen molar-refractivity contribution >= 4 is 5.96 Å². The van der Waals surface area contributed by atoms with Gasteiger partial charge in [0.1, 0.15) is 18.1 Å². The lowest BCUT2D eigenvalue weighted by atomic mass is 10.3. The summed E-state index contributed by atoms with van der Waals surface area (Å²) in [4.78, 5) is 15.0. The molecule has 1 unspecified atom stereocenters. The van der Waals surface area contributed by atoms with Crippen LogP contribution in [0.2, 0.25) is 0 Å². The zero-order valence-corrected chi connectivity index (χ0v) is 12.4. The standard InChI is InChI=1S/C14H19N7O/c1-10-9-21(6-7-22-10)14(15)17-8-12-18-13(20-19-12)11-4-2-3-5-16-11/h2-5,10H,6-9H2,1H3,(H2,15,17)(H,18,19,20). The number of ether oxygens (including phenoxy) is 1. The molecule has 1 aliphatic heterocycles. The summed E-state index contributed by atoms with van der Waals surface area (Å²) < 4.78 is 5.49. The third-order valence-corrected chi connectivity index (χ3v) is 3.38. The van der Waals surface area contributed by atoms with Crippen LogP contribution in [0.1, 0.15) is 12.7 Å². The average molecular weight is 301 g/mol. The molecule has 0 radical (unpaired) electrons. The van der Waals surface area contributed by atoms with Crippen LogP contribution < -0.4 is 5.73 Å². The van der Waals surface area contributed by atoms with E-state index < -0.39 is 0 Å². The molecule has 3 N–H and O–H groups in total. The van der Waals surface area contributed by atoms with Crippen molar-refractivity contribution in [2.75, 3.05) is 19.7 Å². The summed E-state index contributed by atoms with van der Waals surface area (Å²) in [5.74, 6) is 1.72. The maximum atomic E-state index is 6.02. The van der Waals surface area contributed by atoms with Crippen LogP contribution in [0.3, 0.4) is 0 Å². The summed E-state index contributed by atoms with van der Waals surface area (Å²) in [6.45, 7) is 4.57. The molecule has 1 fully saturated rings. The molecule has 0 saturated carbocycles. The third kappa shape index (κ3) is 3.40. The lowest BCUT2D eigenvalue weighted by molar-refractivity contribution is 0.00528. The highest BCUT2D eigenvalue weighted by molar-refractivity contribution is 5.78. The predicted molar refractivity (Wildman–Crippen MR) is 81.9 cm³/mol. The van der Waals surface area contributed by atoms with Crippen molar-refractivity contribution in [2.24, 2.45) is 10.7 Å². The molecule has 116 valence electrons. The van der Waals surface area contributed by atoms with E-state index >= 15 is 0 Å². The second-order valence-electron chi connectivity index (χ2n) is 5.12. The number of aliphatic imine (C=N–C) groups is 1. The van der Waals surface area contributed by atoms with E-state index in [0.717, 1.165) is 18.8 Å². The molecular formula is C14H19N7O. The van der Waals surface area contributed by atoms with Crippen molar-refractivity contribution in [1.29, 1.82) is 0 Å². The van der Waals surface area contributed by atoms with Crippen molar-refractivity contribution in [3.63, 3.8) is 0 Å². The van der Waals surface area contributed by atoms with Crippen LogP contribution in [-0.2, 0) is 11.3 Å². The number of aromatic amines is 1. The lowest BCUT2D eigenvalue weighted by Crippen LogP contribution is -2.47. The molecule has 3 heterocycles. The lowest BCUT2D eigenvalue weighted by Gasteiger charge is -2.31. The van der Waals surface area contributed by atoms with Gasteiger partial charge in [0.15, 0.2) is 11.8 Å². The first-order valence-corrected chi connectivity index (χ1v) is 7.21. The Labute approximate surface area is 128 Å². The van der Waals surface area contributed by atoms with Crippen molar-refractivity contribution in [2.45, 2.75) is 19.6 Å². The van der Waals surface area contributed by atoms with Crippen molar-refractivity contribution < 1.29 is 4.74 Å². The number of hydrogen-bond donors (Lipinski definition) is 2. The zero-order valence-electron chi connectivity index (χ0n) is 12.4. The number of morpholine rings is 1. The molecule has 0 amide bonds. The van der Waals surface area contributed by atoms with E-state index in [1.807, 2.05) is 30.0 Å². The first kappa shape index (κ1) is 14.5. The van der Waals surface area contributed by atoms with Gasteiger partial charge in [-0.2, -0.15) is 5.10 Å². The predicted octanol–water partition coefficient (Wildman–Crippen LogP) is 0.402. The molecule has 22 heavy (non-hydrogen) atoms. The molecule has 2 aromatic rings. The fourth-order valence-electron chi connectivity index (χ4n) is 2.26. The van der Waals surface area contributed by atoms with Crippen LogP contribution in [0, 0.1) is 0 Å². The van der Waals surface area contributed by atoms with E-state index in [0.29, 0.717) is 30.8 Å². The van der Waals surface area contributed by atoms with Crippen LogP contribution in [0.15, 0.2) is 29.4 Å². The SMILES string of the molecule is CC1CN(C(N)=NCc2nc(-c3ccccn3)n[nH]2)CCO1. The number of nitrogens with zero attached hydrogens (tertiary/aromatic N) is 5. The Kier molecular flexibility index (Phi) is 4.29. The van der Waals surface area contributed by atoms with Gasteiger partial charge in [-0.25, -0.2) is 9.98 Å². The summed E-state index contributed by atoms with van der Waals surface area (Å²) in [5.41, 5.74) is 6.75. The smallest absolute Gasteiger partial charge is 0.199 e. The number of H-pyrrole nitrogens is 1. The highest BCUT2D eigenvalue weighted by Gasteiger charge is 2.18. The fraction of sp³-hybridized carbons (Fsp3) is 0.429. The first-order valence-electron chi connectivity index (χ1n) is 7.21. The second-order valence-corrected chi connectivity index (χ2v) is 5.12. The fourth-order valence-corrected chi connectivity index (χ4v) is 2.26. The van der Waals surface area contributed by atoms with Gasteiger partial charge < -0.3 is 15.4 Å². The summed E-state index contributed by atoms with van der Waals surface area (Å²) >= 11 is 0. The highest BCUT2D eigenvalue weighted by atomic mass is 16.5.